The number of benzene rings is 10. The zero-order chi connectivity index (χ0) is 92.6. The molecule has 20 nitrogen and oxygen atoms in total. The Bertz CT molecular complexity index is 7630. The Balaban J connectivity index is 0.000000126. The summed E-state index contributed by atoms with van der Waals surface area (Å²) in [6.07, 6.45) is 10.6. The van der Waals surface area contributed by atoms with Crippen molar-refractivity contribution < 1.29 is 37.4 Å². The van der Waals surface area contributed by atoms with Gasteiger partial charge in [-0.15, -0.1) is 22.7 Å². The van der Waals surface area contributed by atoms with Gasteiger partial charge < -0.3 is 52.2 Å². The molecular weight excluding hydrogens is 2100 g/mol. The molecule has 4 amide bonds. The van der Waals surface area contributed by atoms with Gasteiger partial charge in [-0.1, -0.05) is 104 Å². The van der Waals surface area contributed by atoms with Crippen LogP contribution in [-0.4, -0.2) is 77.7 Å². The van der Waals surface area contributed by atoms with Crippen LogP contribution >= 0.6 is 123 Å². The van der Waals surface area contributed by atoms with Gasteiger partial charge in [0.15, 0.2) is 0 Å². The van der Waals surface area contributed by atoms with Crippen LogP contribution < -0.4 is 42.2 Å². The first kappa shape index (κ1) is 94.1. The van der Waals surface area contributed by atoms with Gasteiger partial charge >= 0.3 is 0 Å². The van der Waals surface area contributed by atoms with Crippen molar-refractivity contribution in [2.45, 2.75) is 40.0 Å². The van der Waals surface area contributed by atoms with Gasteiger partial charge in [-0.2, -0.15) is 0 Å². The van der Waals surface area contributed by atoms with Crippen LogP contribution in [0.1, 0.15) is 75.1 Å². The second-order valence-corrected chi connectivity index (χ2v) is 36.7. The number of hydrogen-bond acceptors (Lipinski definition) is 16. The minimum atomic E-state index is -0.317. The van der Waals surface area contributed by atoms with Gasteiger partial charge in [-0.25, -0.2) is 18.7 Å². The van der Waals surface area contributed by atoms with Crippen LogP contribution in [0.15, 0.2) is 300 Å². The average molecular weight is 2180 g/mol. The Labute approximate surface area is 818 Å². The molecule has 0 saturated carbocycles. The number of carbonyl (C=O) groups excluding carboxylic acids is 4. The minimum absolute atomic E-state index is 0.121. The molecule has 0 atom stereocenters. The summed E-state index contributed by atoms with van der Waals surface area (Å²) in [4.78, 5) is 84.8. The van der Waals surface area contributed by atoms with Crippen molar-refractivity contribution >= 4 is 244 Å². The number of methoxy groups -OCH3 is 2. The minimum Gasteiger partial charge on any atom is -0.497 e. The summed E-state index contributed by atoms with van der Waals surface area (Å²) in [6, 6.07) is 73.2. The number of aromatic nitrogens is 8. The fourth-order valence-electron chi connectivity index (χ4n) is 14.4. The van der Waals surface area contributed by atoms with E-state index in [1.165, 1.54) is 44.0 Å². The molecule has 20 aromatic rings. The summed E-state index contributed by atoms with van der Waals surface area (Å²) < 4.78 is 43.5. The molecule has 30 heteroatoms. The summed E-state index contributed by atoms with van der Waals surface area (Å²) >= 11 is 26.9. The number of aryl methyl sites for hydroxylation is 2. The number of carbonyl (C=O) groups is 4. The molecule has 0 spiro atoms. The molecule has 10 aromatic carbocycles. The second-order valence-electron chi connectivity index (χ2n) is 29.9. The van der Waals surface area contributed by atoms with Gasteiger partial charge in [0.2, 0.25) is 0 Å². The third-order valence-electron chi connectivity index (χ3n) is 20.9. The van der Waals surface area contributed by atoms with Crippen LogP contribution in [0.5, 0.6) is 11.5 Å². The Morgan fingerprint density at radius 3 is 1.42 bits per heavy atom. The van der Waals surface area contributed by atoms with E-state index in [-0.39, 0.29) is 35.3 Å². The maximum absolute atomic E-state index is 13.9. The molecule has 10 N–H and O–H groups in total. The van der Waals surface area contributed by atoms with Crippen molar-refractivity contribution in [3.8, 4) is 34.0 Å². The topological polar surface area (TPSA) is 296 Å². The lowest BCUT2D eigenvalue weighted by Crippen LogP contribution is -2.23. The third-order valence-corrected chi connectivity index (χ3v) is 26.5. The van der Waals surface area contributed by atoms with Gasteiger partial charge in [0, 0.05) is 185 Å². The SMILES string of the molecule is Brc1ccc2[nH]cc(I)c2c1.COc1ccc(NC(=O)c2cc(-c3csc4ccc(F)cc34)nc3ccc(Cl)cc23)cc1.COc1ccc(NC(=O)c2cc(C)nc3ccc(Cl)cc23)cc1.Cc1cc(C(=O)NCc2cccc(CN)c2)c2ccncc2n1.Fc1ccc2scc(I)c2c1.NCc1cccc(CNC(=O)c2cc(-c3c[nH]c4ccc(Br)cc34)nc3cnccc23)c1. The largest absolute Gasteiger partial charge is 0.497 e. The highest BCUT2D eigenvalue weighted by Gasteiger charge is 2.22. The molecule has 0 aliphatic rings. The van der Waals surface area contributed by atoms with E-state index in [2.05, 4.69) is 140 Å². The number of halogens is 8. The van der Waals surface area contributed by atoms with Crippen molar-refractivity contribution in [3.05, 3.63) is 384 Å². The Kier molecular flexibility index (Phi) is 31.1. The van der Waals surface area contributed by atoms with Gasteiger partial charge in [0.1, 0.15) is 23.1 Å². The van der Waals surface area contributed by atoms with Gasteiger partial charge in [-0.05, 0) is 275 Å². The molecule has 0 aliphatic heterocycles. The summed E-state index contributed by atoms with van der Waals surface area (Å²) in [5, 5.41) is 23.9. The number of pyridine rings is 6. The maximum Gasteiger partial charge on any atom is 0.256 e. The quantitative estimate of drug-likeness (QED) is 0.0418. The first-order chi connectivity index (χ1) is 63.9. The van der Waals surface area contributed by atoms with Crippen LogP contribution in [0.3, 0.4) is 0 Å². The van der Waals surface area contributed by atoms with Crippen LogP contribution in [-0.2, 0) is 26.2 Å². The van der Waals surface area contributed by atoms with E-state index in [0.29, 0.717) is 103 Å². The molecule has 0 saturated heterocycles. The molecule has 0 unspecified atom stereocenters. The van der Waals surface area contributed by atoms with E-state index in [9.17, 15) is 28.0 Å². The van der Waals surface area contributed by atoms with Crippen molar-refractivity contribution in [2.24, 2.45) is 11.5 Å². The highest BCUT2D eigenvalue weighted by molar-refractivity contribution is 14.1. The first-order valence-corrected chi connectivity index (χ1v) is 47.0. The molecule has 0 aliphatic carbocycles. The smallest absolute Gasteiger partial charge is 0.256 e. The number of thiophene rings is 2. The number of H-pyrrole nitrogens is 2. The molecular formula is C102H78Br2Cl2F2I2N14O6S2. The number of hydrogen-bond donors (Lipinski definition) is 8. The maximum atomic E-state index is 13.9. The Morgan fingerprint density at radius 1 is 0.424 bits per heavy atom. The van der Waals surface area contributed by atoms with Crippen molar-refractivity contribution in [1.82, 2.24) is 50.5 Å². The number of anilines is 2. The lowest BCUT2D eigenvalue weighted by molar-refractivity contribution is 0.0944. The van der Waals surface area contributed by atoms with Crippen LogP contribution in [0.2, 0.25) is 10.0 Å². The lowest BCUT2D eigenvalue weighted by atomic mass is 10.0. The summed E-state index contributed by atoms with van der Waals surface area (Å²) in [7, 11) is 3.19. The fourth-order valence-corrected chi connectivity index (χ4v) is 18.8. The number of nitrogens with zero attached hydrogens (tertiary/aromatic N) is 6. The van der Waals surface area contributed by atoms with Crippen LogP contribution in [0, 0.1) is 32.6 Å². The predicted octanol–water partition coefficient (Wildman–Crippen LogP) is 26.1. The van der Waals surface area contributed by atoms with Crippen molar-refractivity contribution in [1.29, 1.82) is 0 Å². The second kappa shape index (κ2) is 43.6. The number of fused-ring (bicyclic) bond motifs is 8. The molecule has 10 heterocycles. The van der Waals surface area contributed by atoms with E-state index in [1.54, 1.807) is 160 Å². The van der Waals surface area contributed by atoms with Crippen molar-refractivity contribution in [2.75, 3.05) is 24.9 Å². The highest BCUT2D eigenvalue weighted by atomic mass is 127. The molecule has 660 valence electrons. The summed E-state index contributed by atoms with van der Waals surface area (Å²) in [5.74, 6) is 0.178. The fraction of sp³-hybridized carbons (Fsp3) is 0.0784. The van der Waals surface area contributed by atoms with Crippen molar-refractivity contribution in [3.63, 3.8) is 0 Å². The number of nitrogens with two attached hydrogens (primary N) is 2. The van der Waals surface area contributed by atoms with Gasteiger partial charge in [-0.3, -0.25) is 39.1 Å². The van der Waals surface area contributed by atoms with E-state index in [1.807, 2.05) is 140 Å². The monoisotopic (exact) mass is 2180 g/mol. The third kappa shape index (κ3) is 23.3. The summed E-state index contributed by atoms with van der Waals surface area (Å²) in [5.41, 5.74) is 28.5. The molecule has 0 fully saturated rings. The number of rotatable bonds is 16. The number of amides is 4. The molecule has 0 radical (unpaired) electrons. The summed E-state index contributed by atoms with van der Waals surface area (Å²) in [6.45, 7) is 5.56. The predicted molar refractivity (Wildman–Crippen MR) is 554 cm³/mol. The number of ether oxygens (including phenoxy) is 2. The van der Waals surface area contributed by atoms with Gasteiger partial charge in [0.25, 0.3) is 23.6 Å². The molecule has 132 heavy (non-hydrogen) atoms. The number of aromatic amines is 2. The average Bonchev–Trinajstić information content (AvgIpc) is 1.30. The first-order valence-electron chi connectivity index (χ1n) is 40.8. The Morgan fingerprint density at radius 2 is 0.871 bits per heavy atom. The highest BCUT2D eigenvalue weighted by Crippen LogP contribution is 2.38. The van der Waals surface area contributed by atoms with E-state index >= 15 is 0 Å². The van der Waals surface area contributed by atoms with Crippen LogP contribution in [0.4, 0.5) is 20.2 Å². The lowest BCUT2D eigenvalue weighted by Gasteiger charge is -2.11. The van der Waals surface area contributed by atoms with Gasteiger partial charge in [0.05, 0.1) is 82.3 Å². The van der Waals surface area contributed by atoms with E-state index in [4.69, 9.17) is 54.1 Å². The standard InChI is InChI=1S/C25H20BrN5O.C25H16ClFN2O2S.C18H15ClN2O2.C18H18N4O.C8H5BrIN.C8H4FIS/c26-17-4-5-22-19(9-17)21(13-29-22)23-10-20(18-6-7-28-14-24(18)31-23)25(32)30-12-16-3-1-2-15(8-16)11-27;1-31-17-6-4-16(5-7-17)28-25(30)20-12-23(29-22-8-2-14(26)10-18(20)22)21-13-32-24-9-3-15(27)11-19(21)24;1-11-9-16(15-10-12(19)3-8-17(15)20-11)18(22)21-13-4-6-14(23-2)7-5-13;1-12-7-16(15-5-6-20-11-17(15)22-12)18(23)21-10-14-4-2-3-13(8-14)9-19;2*9-5-1-2-8-6(3-5)7(10)4-11-8/h1-10,13-14,29H,11-12,27H2,(H,30,32);2-13H,1H3,(H,28,30);3-10H,1-2H3,(H,21,22);2-8,11H,9-10,19H2,1H3,(H,21,23);1-4,11H;1-4H. The molecule has 20 rings (SSSR count). The zero-order valence-electron chi connectivity index (χ0n) is 70.7. The zero-order valence-corrected chi connectivity index (χ0v) is 81.3. The molecule has 10 aromatic heterocycles. The number of nitrogens with one attached hydrogen (secondary N) is 6. The Hall–Kier alpha value is -12.6. The van der Waals surface area contributed by atoms with Crippen LogP contribution in [0.25, 0.3) is 108 Å². The van der Waals surface area contributed by atoms with E-state index < -0.39 is 0 Å². The normalized spacial score (nSPS) is 10.9. The van der Waals surface area contributed by atoms with E-state index in [0.717, 1.165) is 121 Å². The molecule has 0 bridgehead atoms.